The summed E-state index contributed by atoms with van der Waals surface area (Å²) in [4.78, 5) is 10.1. The van der Waals surface area contributed by atoms with Crippen molar-refractivity contribution >= 4 is 11.8 Å². The van der Waals surface area contributed by atoms with E-state index in [-0.39, 0.29) is 11.4 Å². The van der Waals surface area contributed by atoms with Crippen LogP contribution >= 0.6 is 0 Å². The molecule has 1 aromatic heterocycles. The second-order valence-electron chi connectivity index (χ2n) is 5.64. The molecule has 0 aliphatic carbocycles. The zero-order chi connectivity index (χ0) is 13.6. The summed E-state index contributed by atoms with van der Waals surface area (Å²) in [5.74, 6) is 1.29. The first kappa shape index (κ1) is 12.9. The van der Waals surface area contributed by atoms with Gasteiger partial charge in [-0.25, -0.2) is 0 Å². The Morgan fingerprint density at radius 1 is 1.33 bits per heavy atom. The summed E-state index contributed by atoms with van der Waals surface area (Å²) in [7, 11) is 1.54. The minimum absolute atomic E-state index is 0.175. The fourth-order valence-corrected chi connectivity index (χ4v) is 2.15. The van der Waals surface area contributed by atoms with Crippen molar-refractivity contribution in [1.82, 2.24) is 9.97 Å². The summed E-state index contributed by atoms with van der Waals surface area (Å²) >= 11 is 0. The highest BCUT2D eigenvalue weighted by Gasteiger charge is 2.48. The third-order valence-corrected chi connectivity index (χ3v) is 3.78. The van der Waals surface area contributed by atoms with E-state index < -0.39 is 5.60 Å². The number of ether oxygens (including phenoxy) is 1. The van der Waals surface area contributed by atoms with Gasteiger partial charge in [0.05, 0.1) is 12.7 Å². The Bertz CT molecular complexity index is 443. The summed E-state index contributed by atoms with van der Waals surface area (Å²) in [5.41, 5.74) is 4.67. The van der Waals surface area contributed by atoms with Crippen LogP contribution in [0.5, 0.6) is 5.88 Å². The number of rotatable bonds is 2. The average molecular weight is 252 g/mol. The number of hydrogen-bond acceptors (Lipinski definition) is 6. The molecule has 2 heterocycles. The van der Waals surface area contributed by atoms with Gasteiger partial charge in [-0.1, -0.05) is 13.8 Å². The number of nitrogens with zero attached hydrogens (tertiary/aromatic N) is 3. The second kappa shape index (κ2) is 3.98. The van der Waals surface area contributed by atoms with E-state index in [1.54, 1.807) is 6.07 Å². The molecule has 0 bridgehead atoms. The normalized spacial score (nSPS) is 26.4. The number of hydrogen-bond donors (Lipinski definition) is 2. The smallest absolute Gasteiger partial charge is 0.225 e. The van der Waals surface area contributed by atoms with Crippen LogP contribution in [0.15, 0.2) is 6.07 Å². The van der Waals surface area contributed by atoms with Crippen molar-refractivity contribution in [1.29, 1.82) is 0 Å². The van der Waals surface area contributed by atoms with E-state index in [1.165, 1.54) is 7.11 Å². The van der Waals surface area contributed by atoms with E-state index in [0.717, 1.165) is 0 Å². The highest BCUT2D eigenvalue weighted by Crippen LogP contribution is 2.40. The van der Waals surface area contributed by atoms with Gasteiger partial charge in [0.1, 0.15) is 5.82 Å². The molecule has 0 unspecified atom stereocenters. The zero-order valence-electron chi connectivity index (χ0n) is 11.3. The van der Waals surface area contributed by atoms with Gasteiger partial charge >= 0.3 is 0 Å². The van der Waals surface area contributed by atoms with Gasteiger partial charge in [0.25, 0.3) is 0 Å². The van der Waals surface area contributed by atoms with Crippen molar-refractivity contribution in [3.05, 3.63) is 6.07 Å². The molecule has 1 aliphatic heterocycles. The minimum Gasteiger partial charge on any atom is -0.481 e. The Kier molecular flexibility index (Phi) is 2.85. The van der Waals surface area contributed by atoms with E-state index in [1.807, 2.05) is 25.7 Å². The molecule has 3 N–H and O–H groups in total. The van der Waals surface area contributed by atoms with Gasteiger partial charge in [-0.15, -0.1) is 0 Å². The number of β-amino-alcohol motifs (C(OH)–C–C–N with tert-alkyl or cyclic N) is 1. The van der Waals surface area contributed by atoms with Crippen molar-refractivity contribution in [2.45, 2.75) is 26.4 Å². The molecule has 1 fully saturated rings. The predicted molar refractivity (Wildman–Crippen MR) is 69.6 cm³/mol. The molecule has 1 aromatic rings. The molecule has 1 atom stereocenters. The molecule has 0 spiro atoms. The van der Waals surface area contributed by atoms with Crippen molar-refractivity contribution in [2.75, 3.05) is 30.8 Å². The number of methoxy groups -OCH3 is 1. The summed E-state index contributed by atoms with van der Waals surface area (Å²) in [6, 6.07) is 1.73. The fourth-order valence-electron chi connectivity index (χ4n) is 2.15. The van der Waals surface area contributed by atoms with Crippen LogP contribution in [0.2, 0.25) is 0 Å². The first-order valence-electron chi connectivity index (χ1n) is 5.91. The highest BCUT2D eigenvalue weighted by molar-refractivity contribution is 5.47. The lowest BCUT2D eigenvalue weighted by Gasteiger charge is -2.30. The average Bonchev–Trinajstić information content (AvgIpc) is 2.47. The van der Waals surface area contributed by atoms with E-state index >= 15 is 0 Å². The Morgan fingerprint density at radius 2 is 2.00 bits per heavy atom. The first-order valence-corrected chi connectivity index (χ1v) is 5.91. The largest absolute Gasteiger partial charge is 0.481 e. The molecule has 100 valence electrons. The van der Waals surface area contributed by atoms with Crippen LogP contribution in [0, 0.1) is 5.41 Å². The van der Waals surface area contributed by atoms with Crippen molar-refractivity contribution < 1.29 is 9.84 Å². The second-order valence-corrected chi connectivity index (χ2v) is 5.64. The van der Waals surface area contributed by atoms with Crippen LogP contribution in [0.1, 0.15) is 20.8 Å². The van der Waals surface area contributed by atoms with Crippen molar-refractivity contribution in [3.8, 4) is 5.88 Å². The maximum absolute atomic E-state index is 10.4. The van der Waals surface area contributed by atoms with Gasteiger partial charge in [0.15, 0.2) is 0 Å². The van der Waals surface area contributed by atoms with Gasteiger partial charge in [-0.05, 0) is 6.92 Å². The summed E-state index contributed by atoms with van der Waals surface area (Å²) < 4.78 is 5.08. The van der Waals surface area contributed by atoms with Gasteiger partial charge in [-0.2, -0.15) is 9.97 Å². The zero-order valence-corrected chi connectivity index (χ0v) is 11.3. The van der Waals surface area contributed by atoms with E-state index in [0.29, 0.717) is 24.8 Å². The highest BCUT2D eigenvalue weighted by atomic mass is 16.5. The number of aromatic nitrogens is 2. The summed E-state index contributed by atoms with van der Waals surface area (Å²) in [6.07, 6.45) is 0. The van der Waals surface area contributed by atoms with Crippen LogP contribution in [-0.4, -0.2) is 40.9 Å². The van der Waals surface area contributed by atoms with Crippen molar-refractivity contribution in [2.24, 2.45) is 5.41 Å². The summed E-state index contributed by atoms with van der Waals surface area (Å²) in [6.45, 7) is 7.14. The maximum atomic E-state index is 10.4. The molecule has 0 radical (unpaired) electrons. The molecule has 6 nitrogen and oxygen atoms in total. The third kappa shape index (κ3) is 2.08. The quantitative estimate of drug-likeness (QED) is 0.804. The molecule has 0 saturated carbocycles. The fraction of sp³-hybridized carbons (Fsp3) is 0.667. The van der Waals surface area contributed by atoms with Gasteiger partial charge in [0, 0.05) is 24.6 Å². The SMILES string of the molecule is COc1cc(N2CC(C)(C)[C@@](C)(O)C2)nc(N)n1. The van der Waals surface area contributed by atoms with E-state index in [2.05, 4.69) is 9.97 Å². The van der Waals surface area contributed by atoms with E-state index in [4.69, 9.17) is 10.5 Å². The lowest BCUT2D eigenvalue weighted by molar-refractivity contribution is -0.00891. The van der Waals surface area contributed by atoms with Crippen LogP contribution in [0.3, 0.4) is 0 Å². The van der Waals surface area contributed by atoms with Crippen LogP contribution in [0.4, 0.5) is 11.8 Å². The predicted octanol–water partition coefficient (Wildman–Crippen LogP) is 0.665. The number of nitrogen functional groups attached to an aromatic ring is 1. The molecule has 0 amide bonds. The molecular formula is C12H20N4O2. The lowest BCUT2D eigenvalue weighted by atomic mass is 9.79. The number of anilines is 2. The first-order chi connectivity index (χ1) is 8.25. The van der Waals surface area contributed by atoms with Gasteiger partial charge in [-0.3, -0.25) is 0 Å². The molecular weight excluding hydrogens is 232 g/mol. The number of aliphatic hydroxyl groups is 1. The molecule has 2 rings (SSSR count). The maximum Gasteiger partial charge on any atom is 0.225 e. The number of nitrogens with two attached hydrogens (primary N) is 1. The van der Waals surface area contributed by atoms with E-state index in [9.17, 15) is 5.11 Å². The monoisotopic (exact) mass is 252 g/mol. The summed E-state index contributed by atoms with van der Waals surface area (Å²) in [5, 5.41) is 10.4. The van der Waals surface area contributed by atoms with Gasteiger partial charge < -0.3 is 20.5 Å². The molecule has 0 aromatic carbocycles. The van der Waals surface area contributed by atoms with Crippen LogP contribution in [0.25, 0.3) is 0 Å². The topological polar surface area (TPSA) is 84.5 Å². The van der Waals surface area contributed by atoms with Gasteiger partial charge in [0.2, 0.25) is 11.8 Å². The molecule has 1 saturated heterocycles. The van der Waals surface area contributed by atoms with Crippen LogP contribution in [-0.2, 0) is 0 Å². The standard InChI is InChI=1S/C12H20N4O2/c1-11(2)6-16(7-12(11,3)17)8-5-9(18-4)15-10(13)14-8/h5,17H,6-7H2,1-4H3,(H2,13,14,15)/t12-/m0/s1. The Hall–Kier alpha value is -1.56. The van der Waals surface area contributed by atoms with Crippen LogP contribution < -0.4 is 15.4 Å². The Morgan fingerprint density at radius 3 is 2.50 bits per heavy atom. The Labute approximate surface area is 107 Å². The third-order valence-electron chi connectivity index (χ3n) is 3.78. The lowest BCUT2D eigenvalue weighted by Crippen LogP contribution is -2.40. The minimum atomic E-state index is -0.764. The molecule has 6 heteroatoms. The molecule has 1 aliphatic rings. The van der Waals surface area contributed by atoms with Crippen molar-refractivity contribution in [3.63, 3.8) is 0 Å². The molecule has 18 heavy (non-hydrogen) atoms. The Balaban J connectivity index is 2.32.